The van der Waals surface area contributed by atoms with Crippen LogP contribution in [0.4, 0.5) is 0 Å². The van der Waals surface area contributed by atoms with E-state index in [9.17, 15) is 9.59 Å². The summed E-state index contributed by atoms with van der Waals surface area (Å²) in [6, 6.07) is 3.46. The third-order valence-corrected chi connectivity index (χ3v) is 4.91. The molecule has 0 aromatic carbocycles. The lowest BCUT2D eigenvalue weighted by molar-refractivity contribution is -0.132. The van der Waals surface area contributed by atoms with Crippen LogP contribution in [0.1, 0.15) is 36.6 Å². The van der Waals surface area contributed by atoms with Gasteiger partial charge in [0.1, 0.15) is 12.7 Å². The van der Waals surface area contributed by atoms with E-state index in [1.54, 1.807) is 11.0 Å². The van der Waals surface area contributed by atoms with Crippen molar-refractivity contribution in [2.24, 2.45) is 0 Å². The van der Waals surface area contributed by atoms with Crippen molar-refractivity contribution in [3.05, 3.63) is 46.5 Å². The Bertz CT molecular complexity index is 965. The number of fused-ring (bicyclic) bond motifs is 1. The molecule has 4 rings (SSSR count). The number of aromatic nitrogens is 6. The van der Waals surface area contributed by atoms with Crippen LogP contribution in [-0.2, 0) is 11.3 Å². The summed E-state index contributed by atoms with van der Waals surface area (Å²) in [5, 5.41) is 7.18. The topological polar surface area (TPSA) is 101 Å². The predicted molar refractivity (Wildman–Crippen MR) is 93.7 cm³/mol. The zero-order chi connectivity index (χ0) is 18.1. The van der Waals surface area contributed by atoms with Crippen LogP contribution >= 0.6 is 0 Å². The number of aromatic amines is 1. The summed E-state index contributed by atoms with van der Waals surface area (Å²) in [6.07, 6.45) is 5.26. The minimum absolute atomic E-state index is 0.0977. The van der Waals surface area contributed by atoms with Gasteiger partial charge in [0.05, 0.1) is 6.54 Å². The smallest absolute Gasteiger partial charge is 0.272 e. The molecule has 1 aliphatic heterocycles. The fourth-order valence-electron chi connectivity index (χ4n) is 3.49. The second kappa shape index (κ2) is 6.74. The lowest BCUT2D eigenvalue weighted by atomic mass is 9.93. The van der Waals surface area contributed by atoms with E-state index in [1.807, 2.05) is 17.9 Å². The SMILES string of the molecule is Cc1cc(=O)n2[nH]c(C3CCN(C(=O)CCn4cncn4)CC3)cc2n1. The van der Waals surface area contributed by atoms with E-state index >= 15 is 0 Å². The standard InChI is InChI=1S/C17H21N7O2/c1-12-8-17(26)24-15(20-12)9-14(21-24)13-2-5-22(6-3-13)16(25)4-7-23-11-18-10-19-23/h8-11,13,21H,2-7H2,1H3. The van der Waals surface area contributed by atoms with Gasteiger partial charge in [-0.15, -0.1) is 0 Å². The molecule has 1 N–H and O–H groups in total. The van der Waals surface area contributed by atoms with E-state index in [-0.39, 0.29) is 11.5 Å². The number of H-pyrrole nitrogens is 1. The number of rotatable bonds is 4. The van der Waals surface area contributed by atoms with Crippen LogP contribution in [0.25, 0.3) is 5.65 Å². The summed E-state index contributed by atoms with van der Waals surface area (Å²) in [5.74, 6) is 0.444. The first kappa shape index (κ1) is 16.5. The van der Waals surface area contributed by atoms with Crippen LogP contribution in [0.15, 0.2) is 29.6 Å². The predicted octanol–water partition coefficient (Wildman–Crippen LogP) is 0.719. The molecule has 9 heteroatoms. The Kier molecular flexibility index (Phi) is 4.27. The van der Waals surface area contributed by atoms with Gasteiger partial charge in [-0.25, -0.2) is 14.5 Å². The summed E-state index contributed by atoms with van der Waals surface area (Å²) in [7, 11) is 0. The van der Waals surface area contributed by atoms with Gasteiger partial charge < -0.3 is 4.90 Å². The molecule has 136 valence electrons. The van der Waals surface area contributed by atoms with Crippen molar-refractivity contribution >= 4 is 11.6 Å². The van der Waals surface area contributed by atoms with E-state index in [0.29, 0.717) is 30.2 Å². The van der Waals surface area contributed by atoms with Crippen molar-refractivity contribution in [1.29, 1.82) is 0 Å². The van der Waals surface area contributed by atoms with Gasteiger partial charge in [0, 0.05) is 48.9 Å². The van der Waals surface area contributed by atoms with Crippen molar-refractivity contribution in [2.45, 2.75) is 38.6 Å². The molecule has 9 nitrogen and oxygen atoms in total. The molecule has 0 atom stereocenters. The Morgan fingerprint density at radius 2 is 2.12 bits per heavy atom. The summed E-state index contributed by atoms with van der Waals surface area (Å²) in [6.45, 7) is 3.81. The minimum Gasteiger partial charge on any atom is -0.343 e. The van der Waals surface area contributed by atoms with Crippen molar-refractivity contribution in [3.63, 3.8) is 0 Å². The summed E-state index contributed by atoms with van der Waals surface area (Å²) >= 11 is 0. The molecule has 0 saturated carbocycles. The van der Waals surface area contributed by atoms with Gasteiger partial charge in [0.2, 0.25) is 5.91 Å². The van der Waals surface area contributed by atoms with Crippen molar-refractivity contribution in [2.75, 3.05) is 13.1 Å². The van der Waals surface area contributed by atoms with Crippen LogP contribution in [0.5, 0.6) is 0 Å². The Labute approximate surface area is 149 Å². The summed E-state index contributed by atoms with van der Waals surface area (Å²) in [5.41, 5.74) is 2.28. The number of hydrogen-bond donors (Lipinski definition) is 1. The number of carbonyl (C=O) groups is 1. The van der Waals surface area contributed by atoms with E-state index in [0.717, 1.165) is 31.6 Å². The van der Waals surface area contributed by atoms with Crippen molar-refractivity contribution in [1.82, 2.24) is 34.3 Å². The Hall–Kier alpha value is -2.97. The maximum absolute atomic E-state index is 12.4. The second-order valence-electron chi connectivity index (χ2n) is 6.70. The van der Waals surface area contributed by atoms with Crippen LogP contribution in [-0.4, -0.2) is 53.3 Å². The maximum atomic E-state index is 12.4. The molecule has 3 aromatic heterocycles. The molecule has 4 heterocycles. The van der Waals surface area contributed by atoms with Crippen molar-refractivity contribution in [3.8, 4) is 0 Å². The van der Waals surface area contributed by atoms with Crippen LogP contribution in [0.3, 0.4) is 0 Å². The Morgan fingerprint density at radius 3 is 2.85 bits per heavy atom. The fourth-order valence-corrected chi connectivity index (χ4v) is 3.49. The quantitative estimate of drug-likeness (QED) is 0.743. The van der Waals surface area contributed by atoms with Crippen molar-refractivity contribution < 1.29 is 4.79 Å². The van der Waals surface area contributed by atoms with Gasteiger partial charge in [-0.3, -0.25) is 19.4 Å². The summed E-state index contributed by atoms with van der Waals surface area (Å²) in [4.78, 5) is 34.6. The Morgan fingerprint density at radius 1 is 1.31 bits per heavy atom. The zero-order valence-corrected chi connectivity index (χ0v) is 14.6. The zero-order valence-electron chi connectivity index (χ0n) is 14.6. The number of carbonyl (C=O) groups excluding carboxylic acids is 1. The molecule has 26 heavy (non-hydrogen) atoms. The molecular weight excluding hydrogens is 334 g/mol. The minimum atomic E-state index is -0.0977. The van der Waals surface area contributed by atoms with E-state index in [1.165, 1.54) is 16.9 Å². The number of hydrogen-bond acceptors (Lipinski definition) is 5. The highest BCUT2D eigenvalue weighted by Crippen LogP contribution is 2.27. The lowest BCUT2D eigenvalue weighted by Crippen LogP contribution is -2.38. The molecule has 1 saturated heterocycles. The van der Waals surface area contributed by atoms with Gasteiger partial charge in [-0.2, -0.15) is 5.10 Å². The largest absolute Gasteiger partial charge is 0.343 e. The molecule has 3 aromatic rings. The maximum Gasteiger partial charge on any atom is 0.272 e. The van der Waals surface area contributed by atoms with E-state index < -0.39 is 0 Å². The molecule has 1 fully saturated rings. The van der Waals surface area contributed by atoms with Crippen LogP contribution < -0.4 is 5.56 Å². The molecule has 0 unspecified atom stereocenters. The third-order valence-electron chi connectivity index (χ3n) is 4.91. The second-order valence-corrected chi connectivity index (χ2v) is 6.70. The fraction of sp³-hybridized carbons (Fsp3) is 0.471. The number of piperidine rings is 1. The molecule has 1 amide bonds. The van der Waals surface area contributed by atoms with Gasteiger partial charge in [-0.1, -0.05) is 0 Å². The number of amides is 1. The van der Waals surface area contributed by atoms with Gasteiger partial charge >= 0.3 is 0 Å². The number of aryl methyl sites for hydroxylation is 2. The van der Waals surface area contributed by atoms with Gasteiger partial charge in [0.15, 0.2) is 5.65 Å². The number of likely N-dealkylation sites (tertiary alicyclic amines) is 1. The normalized spacial score (nSPS) is 15.7. The highest BCUT2D eigenvalue weighted by molar-refractivity contribution is 5.76. The molecule has 0 aliphatic carbocycles. The average Bonchev–Trinajstić information content (AvgIpc) is 3.29. The lowest BCUT2D eigenvalue weighted by Gasteiger charge is -2.31. The number of nitrogens with zero attached hydrogens (tertiary/aromatic N) is 6. The monoisotopic (exact) mass is 355 g/mol. The first-order valence-corrected chi connectivity index (χ1v) is 8.79. The molecule has 1 aliphatic rings. The Balaban J connectivity index is 1.38. The van der Waals surface area contributed by atoms with E-state index in [2.05, 4.69) is 20.2 Å². The van der Waals surface area contributed by atoms with Crippen LogP contribution in [0, 0.1) is 6.92 Å². The third kappa shape index (κ3) is 3.24. The molecule has 0 bridgehead atoms. The molecule has 0 radical (unpaired) electrons. The first-order chi connectivity index (χ1) is 12.6. The molecule has 0 spiro atoms. The van der Waals surface area contributed by atoms with Gasteiger partial charge in [0.25, 0.3) is 5.56 Å². The van der Waals surface area contributed by atoms with E-state index in [4.69, 9.17) is 0 Å². The molecular formula is C17H21N7O2. The summed E-state index contributed by atoms with van der Waals surface area (Å²) < 4.78 is 3.15. The first-order valence-electron chi connectivity index (χ1n) is 8.79. The van der Waals surface area contributed by atoms with Gasteiger partial charge in [-0.05, 0) is 19.8 Å². The highest BCUT2D eigenvalue weighted by Gasteiger charge is 2.25. The van der Waals surface area contributed by atoms with Crippen LogP contribution in [0.2, 0.25) is 0 Å². The number of nitrogens with one attached hydrogen (secondary N) is 1. The highest BCUT2D eigenvalue weighted by atomic mass is 16.2. The average molecular weight is 355 g/mol.